The molecule has 2 aromatic rings. The highest BCUT2D eigenvalue weighted by molar-refractivity contribution is 5.79. The molecule has 1 amide bonds. The van der Waals surface area contributed by atoms with E-state index in [1.165, 1.54) is 24.3 Å². The Bertz CT molecular complexity index is 704. The molecular formula is C20H22FNO4. The summed E-state index contributed by atoms with van der Waals surface area (Å²) in [7, 11) is 0. The summed E-state index contributed by atoms with van der Waals surface area (Å²) in [5.74, 6) is -2.64. The maximum atomic E-state index is 12.9. The number of hydrogen-bond donors (Lipinski definition) is 2. The largest absolute Gasteiger partial charge is 0.481 e. The average molecular weight is 359 g/mol. The molecule has 0 saturated heterocycles. The molecule has 26 heavy (non-hydrogen) atoms. The van der Waals surface area contributed by atoms with Crippen molar-refractivity contribution < 1.29 is 23.8 Å². The Kier molecular flexibility index (Phi) is 7.76. The minimum Gasteiger partial charge on any atom is -0.481 e. The standard InChI is InChI=1S/C20H22FNO4/c21-17-10-8-16(9-11-17)18(20(24)25)13-22-19(23)7-4-12-26-14-15-5-2-1-3-6-15/h1-3,5-6,8-11,18H,4,7,12-14H2,(H,22,23)(H,24,25). The summed E-state index contributed by atoms with van der Waals surface area (Å²) < 4.78 is 18.5. The Labute approximate surface area is 151 Å². The Balaban J connectivity index is 1.68. The van der Waals surface area contributed by atoms with Crippen molar-refractivity contribution in [2.75, 3.05) is 13.2 Å². The molecule has 2 N–H and O–H groups in total. The van der Waals surface area contributed by atoms with Gasteiger partial charge in [0.05, 0.1) is 12.5 Å². The molecule has 6 heteroatoms. The molecule has 0 aliphatic rings. The summed E-state index contributed by atoms with van der Waals surface area (Å²) in [6.07, 6.45) is 0.803. The van der Waals surface area contributed by atoms with Crippen molar-refractivity contribution in [3.63, 3.8) is 0 Å². The molecule has 0 bridgehead atoms. The average Bonchev–Trinajstić information content (AvgIpc) is 2.63. The van der Waals surface area contributed by atoms with Crippen LogP contribution in [-0.4, -0.2) is 30.1 Å². The van der Waals surface area contributed by atoms with Crippen molar-refractivity contribution in [1.29, 1.82) is 0 Å². The highest BCUT2D eigenvalue weighted by Crippen LogP contribution is 2.16. The van der Waals surface area contributed by atoms with Gasteiger partial charge in [0, 0.05) is 19.6 Å². The van der Waals surface area contributed by atoms with Crippen LogP contribution >= 0.6 is 0 Å². The number of amides is 1. The molecule has 1 unspecified atom stereocenters. The SMILES string of the molecule is O=C(CCCOCc1ccccc1)NCC(C(=O)O)c1ccc(F)cc1. The molecule has 138 valence electrons. The lowest BCUT2D eigenvalue weighted by atomic mass is 9.99. The molecule has 0 radical (unpaired) electrons. The number of carboxylic acids is 1. The van der Waals surface area contributed by atoms with Gasteiger partial charge in [0.25, 0.3) is 0 Å². The fourth-order valence-electron chi connectivity index (χ4n) is 2.45. The second kappa shape index (κ2) is 10.3. The minimum atomic E-state index is -1.07. The number of halogens is 1. The summed E-state index contributed by atoms with van der Waals surface area (Å²) >= 11 is 0. The summed E-state index contributed by atoms with van der Waals surface area (Å²) in [4.78, 5) is 23.2. The van der Waals surface area contributed by atoms with E-state index in [4.69, 9.17) is 4.74 Å². The summed E-state index contributed by atoms with van der Waals surface area (Å²) in [5.41, 5.74) is 1.52. The van der Waals surface area contributed by atoms with Crippen molar-refractivity contribution in [3.05, 3.63) is 71.5 Å². The van der Waals surface area contributed by atoms with Crippen molar-refractivity contribution in [3.8, 4) is 0 Å². The van der Waals surface area contributed by atoms with Crippen LogP contribution in [0.2, 0.25) is 0 Å². The zero-order valence-electron chi connectivity index (χ0n) is 14.4. The Morgan fingerprint density at radius 2 is 1.77 bits per heavy atom. The predicted molar refractivity (Wildman–Crippen MR) is 95.1 cm³/mol. The second-order valence-corrected chi connectivity index (χ2v) is 5.89. The Hall–Kier alpha value is -2.73. The predicted octanol–water partition coefficient (Wildman–Crippen LogP) is 3.11. The maximum Gasteiger partial charge on any atom is 0.312 e. The number of hydrogen-bond acceptors (Lipinski definition) is 3. The molecule has 0 fully saturated rings. The molecule has 1 atom stereocenters. The first-order chi connectivity index (χ1) is 12.6. The van der Waals surface area contributed by atoms with Gasteiger partial charge in [0.1, 0.15) is 5.82 Å². The van der Waals surface area contributed by atoms with Gasteiger partial charge < -0.3 is 15.2 Å². The molecule has 0 aliphatic heterocycles. The van der Waals surface area contributed by atoms with E-state index in [1.807, 2.05) is 30.3 Å². The quantitative estimate of drug-likeness (QED) is 0.639. The summed E-state index contributed by atoms with van der Waals surface area (Å²) in [6, 6.07) is 15.0. The molecule has 0 saturated carbocycles. The lowest BCUT2D eigenvalue weighted by molar-refractivity contribution is -0.138. The van der Waals surface area contributed by atoms with E-state index in [9.17, 15) is 19.1 Å². The molecule has 5 nitrogen and oxygen atoms in total. The smallest absolute Gasteiger partial charge is 0.312 e. The van der Waals surface area contributed by atoms with Crippen molar-refractivity contribution >= 4 is 11.9 Å². The fourth-order valence-corrected chi connectivity index (χ4v) is 2.45. The number of carboxylic acid groups (broad SMARTS) is 1. The molecule has 0 heterocycles. The molecule has 2 aromatic carbocycles. The number of carbonyl (C=O) groups is 2. The van der Waals surface area contributed by atoms with E-state index in [0.717, 1.165) is 5.56 Å². The van der Waals surface area contributed by atoms with Gasteiger partial charge in [-0.1, -0.05) is 42.5 Å². The molecule has 0 aromatic heterocycles. The normalized spacial score (nSPS) is 11.7. The molecular weight excluding hydrogens is 337 g/mol. The van der Waals surface area contributed by atoms with Gasteiger partial charge in [-0.05, 0) is 29.7 Å². The molecule has 2 rings (SSSR count). The number of benzene rings is 2. The first kappa shape index (κ1) is 19.6. The van der Waals surface area contributed by atoms with Gasteiger partial charge in [0.15, 0.2) is 0 Å². The van der Waals surface area contributed by atoms with Crippen molar-refractivity contribution in [2.45, 2.75) is 25.4 Å². The van der Waals surface area contributed by atoms with Crippen LogP contribution in [0.5, 0.6) is 0 Å². The lowest BCUT2D eigenvalue weighted by Crippen LogP contribution is -2.31. The van der Waals surface area contributed by atoms with Crippen molar-refractivity contribution in [2.24, 2.45) is 0 Å². The van der Waals surface area contributed by atoms with E-state index < -0.39 is 17.7 Å². The van der Waals surface area contributed by atoms with Crippen LogP contribution in [-0.2, 0) is 20.9 Å². The van der Waals surface area contributed by atoms with Crippen LogP contribution in [0, 0.1) is 5.82 Å². The third-order valence-electron chi connectivity index (χ3n) is 3.88. The number of carbonyl (C=O) groups excluding carboxylic acids is 1. The first-order valence-corrected chi connectivity index (χ1v) is 8.43. The summed E-state index contributed by atoms with van der Waals surface area (Å²) in [5, 5.41) is 11.9. The van der Waals surface area contributed by atoms with Gasteiger partial charge in [-0.2, -0.15) is 0 Å². The van der Waals surface area contributed by atoms with Gasteiger partial charge >= 0.3 is 5.97 Å². The van der Waals surface area contributed by atoms with Crippen LogP contribution in [0.15, 0.2) is 54.6 Å². The number of rotatable bonds is 10. The van der Waals surface area contributed by atoms with Crippen LogP contribution in [0.3, 0.4) is 0 Å². The van der Waals surface area contributed by atoms with Crippen molar-refractivity contribution in [1.82, 2.24) is 5.32 Å². The first-order valence-electron chi connectivity index (χ1n) is 8.43. The van der Waals surface area contributed by atoms with E-state index in [-0.39, 0.29) is 18.9 Å². The van der Waals surface area contributed by atoms with Gasteiger partial charge in [-0.25, -0.2) is 4.39 Å². The van der Waals surface area contributed by atoms with E-state index in [1.54, 1.807) is 0 Å². The third kappa shape index (κ3) is 6.64. The van der Waals surface area contributed by atoms with E-state index in [2.05, 4.69) is 5.32 Å². The van der Waals surface area contributed by atoms with Crippen LogP contribution in [0.4, 0.5) is 4.39 Å². The van der Waals surface area contributed by atoms with Crippen LogP contribution < -0.4 is 5.32 Å². The zero-order valence-corrected chi connectivity index (χ0v) is 14.4. The number of nitrogens with one attached hydrogen (secondary N) is 1. The molecule has 0 spiro atoms. The van der Waals surface area contributed by atoms with Gasteiger partial charge in [-0.15, -0.1) is 0 Å². The van der Waals surface area contributed by atoms with Gasteiger partial charge in [0.2, 0.25) is 5.91 Å². The fraction of sp³-hybridized carbons (Fsp3) is 0.300. The molecule has 0 aliphatic carbocycles. The highest BCUT2D eigenvalue weighted by Gasteiger charge is 2.20. The topological polar surface area (TPSA) is 75.6 Å². The maximum absolute atomic E-state index is 12.9. The van der Waals surface area contributed by atoms with E-state index in [0.29, 0.717) is 25.2 Å². The van der Waals surface area contributed by atoms with Crippen LogP contribution in [0.1, 0.15) is 29.9 Å². The Morgan fingerprint density at radius 1 is 1.08 bits per heavy atom. The van der Waals surface area contributed by atoms with Crippen LogP contribution in [0.25, 0.3) is 0 Å². The lowest BCUT2D eigenvalue weighted by Gasteiger charge is -2.14. The highest BCUT2D eigenvalue weighted by atomic mass is 19.1. The second-order valence-electron chi connectivity index (χ2n) is 5.89. The minimum absolute atomic E-state index is 0.0370. The Morgan fingerprint density at radius 3 is 2.42 bits per heavy atom. The number of ether oxygens (including phenoxy) is 1. The zero-order chi connectivity index (χ0) is 18.8. The number of aliphatic carboxylic acids is 1. The summed E-state index contributed by atoms with van der Waals surface area (Å²) in [6.45, 7) is 0.904. The monoisotopic (exact) mass is 359 g/mol. The third-order valence-corrected chi connectivity index (χ3v) is 3.88. The van der Waals surface area contributed by atoms with E-state index >= 15 is 0 Å². The van der Waals surface area contributed by atoms with Gasteiger partial charge in [-0.3, -0.25) is 9.59 Å².